The number of ether oxygens (including phenoxy) is 1. The van der Waals surface area contributed by atoms with E-state index in [-0.39, 0.29) is 30.7 Å². The van der Waals surface area contributed by atoms with E-state index in [1.807, 2.05) is 18.2 Å². The number of nitrogens with one attached hydrogen (secondary N) is 2. The molecular formula is C22H26N6O3. The Bertz CT molecular complexity index is 1100. The van der Waals surface area contributed by atoms with Crippen LogP contribution in [0.15, 0.2) is 42.5 Å². The Labute approximate surface area is 179 Å². The number of imidazole rings is 1. The molecule has 1 amide bonds. The van der Waals surface area contributed by atoms with Gasteiger partial charge in [0.25, 0.3) is 5.91 Å². The highest BCUT2D eigenvalue weighted by Crippen LogP contribution is 2.26. The van der Waals surface area contributed by atoms with E-state index in [1.54, 1.807) is 24.3 Å². The molecule has 3 aromatic rings. The number of nitrogens with zero attached hydrogens (tertiary/aromatic N) is 2. The van der Waals surface area contributed by atoms with Crippen molar-refractivity contribution in [2.75, 3.05) is 20.2 Å². The maximum absolute atomic E-state index is 12.4. The minimum atomic E-state index is -0.380. The van der Waals surface area contributed by atoms with Crippen molar-refractivity contribution in [3.05, 3.63) is 53.6 Å². The average Bonchev–Trinajstić information content (AvgIpc) is 3.15. The molecule has 0 aliphatic carbocycles. The molecule has 0 saturated carbocycles. The Kier molecular flexibility index (Phi) is 6.99. The van der Waals surface area contributed by atoms with Crippen LogP contribution in [-0.2, 0) is 16.1 Å². The van der Waals surface area contributed by atoms with Crippen LogP contribution in [0.2, 0.25) is 0 Å². The van der Waals surface area contributed by atoms with E-state index in [9.17, 15) is 9.59 Å². The zero-order valence-corrected chi connectivity index (χ0v) is 17.4. The average molecular weight is 422 g/mol. The van der Waals surface area contributed by atoms with Gasteiger partial charge in [-0.25, -0.2) is 4.98 Å². The number of esters is 1. The van der Waals surface area contributed by atoms with Crippen molar-refractivity contribution >= 4 is 28.7 Å². The summed E-state index contributed by atoms with van der Waals surface area (Å²) in [5.41, 5.74) is 14.8. The molecule has 162 valence electrons. The minimum Gasteiger partial charge on any atom is -0.469 e. The van der Waals surface area contributed by atoms with Gasteiger partial charge in [-0.1, -0.05) is 24.3 Å². The molecule has 31 heavy (non-hydrogen) atoms. The Balaban J connectivity index is 1.92. The molecule has 3 rings (SSSR count). The molecule has 1 aromatic heterocycles. The summed E-state index contributed by atoms with van der Waals surface area (Å²) in [6.07, 6.45) is 0.887. The first-order chi connectivity index (χ1) is 14.9. The Morgan fingerprint density at radius 3 is 2.52 bits per heavy atom. The lowest BCUT2D eigenvalue weighted by atomic mass is 10.1. The van der Waals surface area contributed by atoms with Crippen LogP contribution < -0.4 is 16.8 Å². The van der Waals surface area contributed by atoms with Crippen LogP contribution in [0, 0.1) is 5.41 Å². The number of hydrogen-bond acceptors (Lipinski definition) is 6. The van der Waals surface area contributed by atoms with Crippen molar-refractivity contribution in [3.63, 3.8) is 0 Å². The van der Waals surface area contributed by atoms with Gasteiger partial charge < -0.3 is 26.1 Å². The number of amides is 1. The fourth-order valence-corrected chi connectivity index (χ4v) is 3.25. The second kappa shape index (κ2) is 9.86. The third-order valence-corrected chi connectivity index (χ3v) is 4.89. The van der Waals surface area contributed by atoms with Crippen LogP contribution in [0.1, 0.15) is 28.8 Å². The van der Waals surface area contributed by atoms with Gasteiger partial charge in [0.05, 0.1) is 24.6 Å². The summed E-state index contributed by atoms with van der Waals surface area (Å²) in [6, 6.07) is 12.6. The zero-order chi connectivity index (χ0) is 22.4. The number of rotatable bonds is 9. The number of aromatic nitrogens is 2. The highest BCUT2D eigenvalue weighted by molar-refractivity contribution is 5.98. The van der Waals surface area contributed by atoms with Gasteiger partial charge in [0.1, 0.15) is 11.7 Å². The number of carbonyl (C=O) groups is 2. The largest absolute Gasteiger partial charge is 0.469 e. The lowest BCUT2D eigenvalue weighted by Gasteiger charge is -2.09. The number of hydrogen-bond donors (Lipinski definition) is 4. The minimum absolute atomic E-state index is 0.00559. The van der Waals surface area contributed by atoms with Crippen LogP contribution in [0.25, 0.3) is 22.4 Å². The second-order valence-corrected chi connectivity index (χ2v) is 7.01. The first-order valence-electron chi connectivity index (χ1n) is 9.94. The molecule has 0 saturated heterocycles. The van der Waals surface area contributed by atoms with E-state index in [2.05, 4.69) is 14.6 Å². The number of methoxy groups -OCH3 is 1. The van der Waals surface area contributed by atoms with Crippen LogP contribution in [-0.4, -0.2) is 47.5 Å². The molecule has 6 N–H and O–H groups in total. The number of amidine groups is 1. The van der Waals surface area contributed by atoms with Gasteiger partial charge in [-0.05, 0) is 31.2 Å². The van der Waals surface area contributed by atoms with Crippen molar-refractivity contribution in [3.8, 4) is 11.4 Å². The molecule has 9 nitrogen and oxygen atoms in total. The molecule has 0 atom stereocenters. The van der Waals surface area contributed by atoms with Crippen LogP contribution >= 0.6 is 0 Å². The van der Waals surface area contributed by atoms with Gasteiger partial charge in [-0.3, -0.25) is 15.0 Å². The summed E-state index contributed by atoms with van der Waals surface area (Å²) in [4.78, 5) is 28.4. The quantitative estimate of drug-likeness (QED) is 0.234. The van der Waals surface area contributed by atoms with Crippen molar-refractivity contribution in [1.82, 2.24) is 14.9 Å². The normalized spacial score (nSPS) is 10.8. The second-order valence-electron chi connectivity index (χ2n) is 7.01. The third kappa shape index (κ3) is 5.07. The van der Waals surface area contributed by atoms with Gasteiger partial charge in [0.15, 0.2) is 0 Å². The van der Waals surface area contributed by atoms with Gasteiger partial charge in [0.2, 0.25) is 0 Å². The van der Waals surface area contributed by atoms with Crippen LogP contribution in [0.4, 0.5) is 0 Å². The summed E-state index contributed by atoms with van der Waals surface area (Å²) in [5, 5.41) is 10.3. The summed E-state index contributed by atoms with van der Waals surface area (Å²) < 4.78 is 6.65. The maximum Gasteiger partial charge on any atom is 0.307 e. The number of carbonyl (C=O) groups excluding carboxylic acids is 2. The molecule has 0 bridgehead atoms. The number of nitrogens with two attached hydrogens (primary N) is 2. The Hall–Kier alpha value is -3.72. The van der Waals surface area contributed by atoms with Crippen LogP contribution in [0.5, 0.6) is 0 Å². The number of aryl methyl sites for hydroxylation is 1. The van der Waals surface area contributed by atoms with Crippen molar-refractivity contribution in [1.29, 1.82) is 5.41 Å². The summed E-state index contributed by atoms with van der Waals surface area (Å²) in [7, 11) is 1.31. The standard InChI is InChI=1S/C22H26N6O3/c1-31-19(29)9-11-26-22(30)16-7-8-18-17(13-16)27-21(28(18)12-2-10-23)15-5-3-14(4-6-15)20(24)25/h3-8,13H,2,9-12,23H2,1H3,(H3,24,25)(H,26,30). The molecular weight excluding hydrogens is 396 g/mol. The summed E-state index contributed by atoms with van der Waals surface area (Å²) in [6.45, 7) is 1.42. The fourth-order valence-electron chi connectivity index (χ4n) is 3.25. The SMILES string of the molecule is COC(=O)CCNC(=O)c1ccc2c(c1)nc(-c1ccc(C(=N)N)cc1)n2CCCN. The summed E-state index contributed by atoms with van der Waals surface area (Å²) >= 11 is 0. The van der Waals surface area contributed by atoms with E-state index in [0.29, 0.717) is 29.7 Å². The number of benzene rings is 2. The molecule has 1 heterocycles. The lowest BCUT2D eigenvalue weighted by Crippen LogP contribution is -2.26. The molecule has 0 radical (unpaired) electrons. The van der Waals surface area contributed by atoms with Gasteiger partial charge in [-0.2, -0.15) is 0 Å². The zero-order valence-electron chi connectivity index (χ0n) is 17.4. The predicted molar refractivity (Wildman–Crippen MR) is 119 cm³/mol. The van der Waals surface area contributed by atoms with E-state index in [1.165, 1.54) is 7.11 Å². The third-order valence-electron chi connectivity index (χ3n) is 4.89. The monoisotopic (exact) mass is 422 g/mol. The smallest absolute Gasteiger partial charge is 0.307 e. The fraction of sp³-hybridized carbons (Fsp3) is 0.273. The molecule has 0 aliphatic heterocycles. The Morgan fingerprint density at radius 1 is 1.16 bits per heavy atom. The topological polar surface area (TPSA) is 149 Å². The molecule has 0 aliphatic rings. The van der Waals surface area contributed by atoms with Gasteiger partial charge >= 0.3 is 5.97 Å². The van der Waals surface area contributed by atoms with Gasteiger partial charge in [-0.15, -0.1) is 0 Å². The first kappa shape index (κ1) is 22.0. The molecule has 9 heteroatoms. The van der Waals surface area contributed by atoms with E-state index >= 15 is 0 Å². The molecule has 2 aromatic carbocycles. The van der Waals surface area contributed by atoms with E-state index in [4.69, 9.17) is 21.9 Å². The summed E-state index contributed by atoms with van der Waals surface area (Å²) in [5.74, 6) is 0.0948. The van der Waals surface area contributed by atoms with E-state index in [0.717, 1.165) is 23.3 Å². The lowest BCUT2D eigenvalue weighted by molar-refractivity contribution is -0.140. The van der Waals surface area contributed by atoms with Crippen molar-refractivity contribution in [2.24, 2.45) is 11.5 Å². The van der Waals surface area contributed by atoms with Gasteiger partial charge in [0, 0.05) is 29.8 Å². The van der Waals surface area contributed by atoms with Crippen LogP contribution in [0.3, 0.4) is 0 Å². The first-order valence-corrected chi connectivity index (χ1v) is 9.94. The molecule has 0 fully saturated rings. The van der Waals surface area contributed by atoms with E-state index < -0.39 is 0 Å². The van der Waals surface area contributed by atoms with Crippen molar-refractivity contribution in [2.45, 2.75) is 19.4 Å². The predicted octanol–water partition coefficient (Wildman–Crippen LogP) is 1.63. The van der Waals surface area contributed by atoms with Crippen molar-refractivity contribution < 1.29 is 14.3 Å². The Morgan fingerprint density at radius 2 is 1.87 bits per heavy atom. The number of fused-ring (bicyclic) bond motifs is 1. The maximum atomic E-state index is 12.4. The highest BCUT2D eigenvalue weighted by atomic mass is 16.5. The highest BCUT2D eigenvalue weighted by Gasteiger charge is 2.15. The molecule has 0 unspecified atom stereocenters. The number of nitrogen functional groups attached to an aromatic ring is 1. The molecule has 0 spiro atoms.